The number of ether oxygens (including phenoxy) is 3. The first-order chi connectivity index (χ1) is 8.96. The van der Waals surface area contributed by atoms with E-state index >= 15 is 0 Å². The minimum atomic E-state index is -0.953. The summed E-state index contributed by atoms with van der Waals surface area (Å²) in [5, 5.41) is 9.02. The summed E-state index contributed by atoms with van der Waals surface area (Å²) in [5.74, 6) is 0.518. The Morgan fingerprint density at radius 3 is 1.79 bits per heavy atom. The molecular weight excluding hydrogens is 248 g/mol. The molecule has 0 amide bonds. The highest BCUT2D eigenvalue weighted by Gasteiger charge is 2.15. The van der Waals surface area contributed by atoms with Crippen molar-refractivity contribution in [2.45, 2.75) is 13.8 Å². The van der Waals surface area contributed by atoms with Gasteiger partial charge in [-0.05, 0) is 37.1 Å². The smallest absolute Gasteiger partial charge is 0.331 e. The maximum absolute atomic E-state index is 11.0. The summed E-state index contributed by atoms with van der Waals surface area (Å²) in [6.45, 7) is 3.30. The Morgan fingerprint density at radius 1 is 1.00 bits per heavy atom. The summed E-state index contributed by atoms with van der Waals surface area (Å²) in [7, 11) is 4.56. The third-order valence-electron chi connectivity index (χ3n) is 2.98. The quantitative estimate of drug-likeness (QED) is 0.830. The van der Waals surface area contributed by atoms with Crippen LogP contribution in [-0.4, -0.2) is 32.4 Å². The molecule has 0 unspecified atom stereocenters. The van der Waals surface area contributed by atoms with Crippen LogP contribution in [0.3, 0.4) is 0 Å². The fraction of sp³-hybridized carbons (Fsp3) is 0.357. The van der Waals surface area contributed by atoms with Gasteiger partial charge in [0.25, 0.3) is 0 Å². The van der Waals surface area contributed by atoms with Gasteiger partial charge >= 0.3 is 5.97 Å². The van der Waals surface area contributed by atoms with Gasteiger partial charge in [-0.1, -0.05) is 0 Å². The Kier molecular flexibility index (Phi) is 4.80. The van der Waals surface area contributed by atoms with Crippen LogP contribution in [-0.2, 0) is 4.79 Å². The fourth-order valence-electron chi connectivity index (χ4n) is 1.67. The van der Waals surface area contributed by atoms with Crippen LogP contribution in [0.4, 0.5) is 0 Å². The van der Waals surface area contributed by atoms with Crippen LogP contribution in [0.5, 0.6) is 17.2 Å². The Hall–Kier alpha value is -2.17. The summed E-state index contributed by atoms with van der Waals surface area (Å²) in [6, 6.07) is 3.45. The van der Waals surface area contributed by atoms with Gasteiger partial charge in [0.05, 0.1) is 21.3 Å². The zero-order valence-electron chi connectivity index (χ0n) is 11.7. The molecular formula is C14H18O5. The topological polar surface area (TPSA) is 65.0 Å². The average molecular weight is 266 g/mol. The molecule has 0 atom stereocenters. The molecule has 0 saturated carbocycles. The van der Waals surface area contributed by atoms with E-state index < -0.39 is 5.97 Å². The van der Waals surface area contributed by atoms with Crippen LogP contribution in [0.15, 0.2) is 17.7 Å². The van der Waals surface area contributed by atoms with Crippen molar-refractivity contribution in [3.8, 4) is 17.2 Å². The summed E-state index contributed by atoms with van der Waals surface area (Å²) < 4.78 is 15.7. The van der Waals surface area contributed by atoms with Crippen LogP contribution in [0.25, 0.3) is 5.57 Å². The Labute approximate surface area is 112 Å². The number of allylic oxidation sites excluding steroid dienone is 1. The molecule has 104 valence electrons. The van der Waals surface area contributed by atoms with Gasteiger partial charge in [0.1, 0.15) is 0 Å². The van der Waals surface area contributed by atoms with Crippen molar-refractivity contribution in [3.05, 3.63) is 23.3 Å². The third kappa shape index (κ3) is 2.99. The number of hydrogen-bond acceptors (Lipinski definition) is 4. The van der Waals surface area contributed by atoms with E-state index in [2.05, 4.69) is 0 Å². The van der Waals surface area contributed by atoms with Crippen molar-refractivity contribution < 1.29 is 24.1 Å². The molecule has 5 nitrogen and oxygen atoms in total. The number of carboxylic acid groups (broad SMARTS) is 1. The first kappa shape index (κ1) is 14.9. The zero-order chi connectivity index (χ0) is 14.6. The molecule has 0 aliphatic heterocycles. The summed E-state index contributed by atoms with van der Waals surface area (Å²) in [5.41, 5.74) is 1.63. The first-order valence-corrected chi connectivity index (χ1v) is 5.67. The molecule has 1 N–H and O–H groups in total. The normalized spacial score (nSPS) is 11.6. The van der Waals surface area contributed by atoms with E-state index in [4.69, 9.17) is 19.3 Å². The predicted octanol–water partition coefficient (Wildman–Crippen LogP) is 2.59. The number of aliphatic carboxylic acids is 1. The molecule has 1 aromatic rings. The lowest BCUT2D eigenvalue weighted by molar-refractivity contribution is -0.132. The second kappa shape index (κ2) is 6.13. The van der Waals surface area contributed by atoms with E-state index in [0.717, 1.165) is 5.56 Å². The lowest BCUT2D eigenvalue weighted by Crippen LogP contribution is -2.01. The van der Waals surface area contributed by atoms with E-state index in [1.54, 1.807) is 26.0 Å². The van der Waals surface area contributed by atoms with Crippen LogP contribution < -0.4 is 14.2 Å². The van der Waals surface area contributed by atoms with Crippen molar-refractivity contribution in [1.82, 2.24) is 0 Å². The first-order valence-electron chi connectivity index (χ1n) is 5.67. The molecule has 0 aliphatic carbocycles. The molecule has 0 aliphatic rings. The summed E-state index contributed by atoms with van der Waals surface area (Å²) >= 11 is 0. The highest BCUT2D eigenvalue weighted by atomic mass is 16.5. The van der Waals surface area contributed by atoms with Crippen LogP contribution in [0.1, 0.15) is 19.4 Å². The van der Waals surface area contributed by atoms with Crippen LogP contribution in [0.2, 0.25) is 0 Å². The molecule has 0 spiro atoms. The lowest BCUT2D eigenvalue weighted by atomic mass is 10.0. The van der Waals surface area contributed by atoms with Gasteiger partial charge < -0.3 is 19.3 Å². The standard InChI is InChI=1S/C14H18O5/c1-8(9(2)14(15)16)10-6-11(17-3)13(19-5)12(7-10)18-4/h6-7H,1-5H3,(H,15,16)/b9-8+. The van der Waals surface area contributed by atoms with E-state index in [1.165, 1.54) is 21.3 Å². The van der Waals surface area contributed by atoms with Crippen LogP contribution >= 0.6 is 0 Å². The maximum Gasteiger partial charge on any atom is 0.331 e. The molecule has 1 aromatic carbocycles. The zero-order valence-corrected chi connectivity index (χ0v) is 11.7. The molecule has 0 fully saturated rings. The fourth-order valence-corrected chi connectivity index (χ4v) is 1.67. The molecule has 0 saturated heterocycles. The highest BCUT2D eigenvalue weighted by Crippen LogP contribution is 2.40. The van der Waals surface area contributed by atoms with E-state index in [1.807, 2.05) is 0 Å². The van der Waals surface area contributed by atoms with Gasteiger partial charge in [-0.15, -0.1) is 0 Å². The predicted molar refractivity (Wildman–Crippen MR) is 72.0 cm³/mol. The van der Waals surface area contributed by atoms with E-state index in [-0.39, 0.29) is 5.57 Å². The minimum Gasteiger partial charge on any atom is -0.493 e. The number of carbonyl (C=O) groups is 1. The number of benzene rings is 1. The van der Waals surface area contributed by atoms with Gasteiger partial charge in [-0.3, -0.25) is 0 Å². The molecule has 0 radical (unpaired) electrons. The third-order valence-corrected chi connectivity index (χ3v) is 2.98. The molecule has 1 rings (SSSR count). The maximum atomic E-state index is 11.0. The Bertz CT molecular complexity index is 492. The second-order valence-electron chi connectivity index (χ2n) is 3.97. The second-order valence-corrected chi connectivity index (χ2v) is 3.97. The van der Waals surface area contributed by atoms with Crippen molar-refractivity contribution in [2.75, 3.05) is 21.3 Å². The Morgan fingerprint density at radius 2 is 1.47 bits per heavy atom. The van der Waals surface area contributed by atoms with E-state index in [9.17, 15) is 4.79 Å². The van der Waals surface area contributed by atoms with Crippen molar-refractivity contribution in [1.29, 1.82) is 0 Å². The highest BCUT2D eigenvalue weighted by molar-refractivity contribution is 5.95. The van der Waals surface area contributed by atoms with Gasteiger partial charge in [0, 0.05) is 5.57 Å². The lowest BCUT2D eigenvalue weighted by Gasteiger charge is -2.15. The number of carboxylic acids is 1. The van der Waals surface area contributed by atoms with Gasteiger partial charge in [0.2, 0.25) is 5.75 Å². The molecule has 5 heteroatoms. The minimum absolute atomic E-state index is 0.272. The molecule has 0 heterocycles. The summed E-state index contributed by atoms with van der Waals surface area (Å²) in [6.07, 6.45) is 0. The van der Waals surface area contributed by atoms with Gasteiger partial charge in [0.15, 0.2) is 11.5 Å². The Balaban J connectivity index is 3.47. The summed E-state index contributed by atoms with van der Waals surface area (Å²) in [4.78, 5) is 11.0. The van der Waals surface area contributed by atoms with E-state index in [0.29, 0.717) is 22.8 Å². The monoisotopic (exact) mass is 266 g/mol. The molecule has 0 aromatic heterocycles. The number of methoxy groups -OCH3 is 3. The average Bonchev–Trinajstić information content (AvgIpc) is 2.43. The largest absolute Gasteiger partial charge is 0.493 e. The van der Waals surface area contributed by atoms with Crippen molar-refractivity contribution in [2.24, 2.45) is 0 Å². The van der Waals surface area contributed by atoms with Crippen molar-refractivity contribution in [3.63, 3.8) is 0 Å². The van der Waals surface area contributed by atoms with Gasteiger partial charge in [-0.2, -0.15) is 0 Å². The van der Waals surface area contributed by atoms with Crippen LogP contribution in [0, 0.1) is 0 Å². The number of hydrogen-bond donors (Lipinski definition) is 1. The SMILES string of the molecule is COc1cc(/C(C)=C(\C)C(=O)O)cc(OC)c1OC. The molecule has 0 bridgehead atoms. The number of rotatable bonds is 5. The molecule has 19 heavy (non-hydrogen) atoms. The van der Waals surface area contributed by atoms with Crippen molar-refractivity contribution >= 4 is 11.5 Å². The van der Waals surface area contributed by atoms with Gasteiger partial charge in [-0.25, -0.2) is 4.79 Å².